The highest BCUT2D eigenvalue weighted by atomic mass is 32.1. The van der Waals surface area contributed by atoms with Crippen molar-refractivity contribution in [1.29, 1.82) is 0 Å². The SMILES string of the molecule is O=C1C=C(S)C(=O)N1.O=C1C=CC(=O)N1. The first-order valence-electron chi connectivity index (χ1n) is 3.78. The first-order valence-corrected chi connectivity index (χ1v) is 4.23. The van der Waals surface area contributed by atoms with Crippen LogP contribution in [-0.2, 0) is 19.2 Å². The van der Waals surface area contributed by atoms with Gasteiger partial charge >= 0.3 is 0 Å². The molecule has 0 aromatic rings. The molecule has 4 amide bonds. The second-order valence-electron chi connectivity index (χ2n) is 2.53. The lowest BCUT2D eigenvalue weighted by Crippen LogP contribution is -2.21. The van der Waals surface area contributed by atoms with Crippen LogP contribution in [0.1, 0.15) is 0 Å². The van der Waals surface area contributed by atoms with E-state index in [1.165, 1.54) is 12.2 Å². The van der Waals surface area contributed by atoms with Crippen LogP contribution < -0.4 is 10.6 Å². The quantitative estimate of drug-likeness (QED) is 0.352. The van der Waals surface area contributed by atoms with Crippen molar-refractivity contribution in [3.8, 4) is 0 Å². The first-order chi connectivity index (χ1) is 6.99. The molecule has 0 saturated carbocycles. The summed E-state index contributed by atoms with van der Waals surface area (Å²) >= 11 is 3.67. The van der Waals surface area contributed by atoms with Crippen LogP contribution in [0.4, 0.5) is 0 Å². The van der Waals surface area contributed by atoms with Gasteiger partial charge < -0.3 is 0 Å². The Kier molecular flexibility index (Phi) is 3.40. The molecule has 2 rings (SSSR count). The molecule has 0 atom stereocenters. The molecule has 2 heterocycles. The first kappa shape index (κ1) is 11.2. The van der Waals surface area contributed by atoms with Crippen LogP contribution in [0.15, 0.2) is 23.1 Å². The summed E-state index contributed by atoms with van der Waals surface area (Å²) in [5.41, 5.74) is 0. The predicted octanol–water partition coefficient (Wildman–Crippen LogP) is -1.34. The average Bonchev–Trinajstić information content (AvgIpc) is 2.61. The summed E-state index contributed by atoms with van der Waals surface area (Å²) in [4.78, 5) is 40.8. The van der Waals surface area contributed by atoms with E-state index in [1.54, 1.807) is 0 Å². The molecule has 0 fully saturated rings. The van der Waals surface area contributed by atoms with Gasteiger partial charge in [0, 0.05) is 18.2 Å². The lowest BCUT2D eigenvalue weighted by atomic mass is 10.6. The van der Waals surface area contributed by atoms with Crippen LogP contribution in [0.25, 0.3) is 0 Å². The maximum absolute atomic E-state index is 10.3. The molecule has 0 spiro atoms. The van der Waals surface area contributed by atoms with Gasteiger partial charge in [0.1, 0.15) is 0 Å². The molecular weight excluding hydrogens is 220 g/mol. The van der Waals surface area contributed by atoms with Crippen LogP contribution in [0.5, 0.6) is 0 Å². The highest BCUT2D eigenvalue weighted by Crippen LogP contribution is 2.04. The van der Waals surface area contributed by atoms with Crippen molar-refractivity contribution in [1.82, 2.24) is 10.6 Å². The summed E-state index contributed by atoms with van der Waals surface area (Å²) in [6.45, 7) is 0. The number of hydrogen-bond donors (Lipinski definition) is 3. The Hall–Kier alpha value is -1.89. The van der Waals surface area contributed by atoms with Crippen molar-refractivity contribution in [3.63, 3.8) is 0 Å². The minimum Gasteiger partial charge on any atom is -0.289 e. The number of imide groups is 2. The van der Waals surface area contributed by atoms with Crippen molar-refractivity contribution >= 4 is 36.3 Å². The number of thiol groups is 1. The van der Waals surface area contributed by atoms with Crippen molar-refractivity contribution in [3.05, 3.63) is 23.1 Å². The lowest BCUT2D eigenvalue weighted by molar-refractivity contribution is -0.125. The van der Waals surface area contributed by atoms with Crippen LogP contribution in [0, 0.1) is 0 Å². The third-order valence-electron chi connectivity index (χ3n) is 1.37. The Morgan fingerprint density at radius 3 is 1.53 bits per heavy atom. The van der Waals surface area contributed by atoms with E-state index in [4.69, 9.17) is 0 Å². The van der Waals surface area contributed by atoms with Gasteiger partial charge in [-0.05, 0) is 0 Å². The van der Waals surface area contributed by atoms with E-state index in [1.807, 2.05) is 10.6 Å². The molecule has 0 aromatic carbocycles. The van der Waals surface area contributed by atoms with E-state index in [2.05, 4.69) is 12.6 Å². The standard InChI is InChI=1S/C4H3NO2S.C4H3NO2/c6-3-1-2(8)4(7)5-3;6-3-1-2-4(7)5-3/h1H,(H2,5,6,7,8);1-2H,(H,5,6,7). The highest BCUT2D eigenvalue weighted by Gasteiger charge is 2.16. The molecule has 78 valence electrons. The van der Waals surface area contributed by atoms with E-state index in [-0.39, 0.29) is 22.6 Å². The van der Waals surface area contributed by atoms with Gasteiger partial charge in [-0.2, -0.15) is 0 Å². The molecule has 2 N–H and O–H groups in total. The zero-order chi connectivity index (χ0) is 11.4. The normalized spacial score (nSPS) is 18.1. The summed E-state index contributed by atoms with van der Waals surface area (Å²) in [7, 11) is 0. The van der Waals surface area contributed by atoms with Gasteiger partial charge in [-0.25, -0.2) is 0 Å². The maximum Gasteiger partial charge on any atom is 0.264 e. The van der Waals surface area contributed by atoms with Crippen LogP contribution in [0.3, 0.4) is 0 Å². The number of carbonyl (C=O) groups is 4. The van der Waals surface area contributed by atoms with Gasteiger partial charge in [0.2, 0.25) is 0 Å². The summed E-state index contributed by atoms with van der Waals surface area (Å²) in [6.07, 6.45) is 3.54. The van der Waals surface area contributed by atoms with Crippen molar-refractivity contribution in [2.45, 2.75) is 0 Å². The molecule has 2 aliphatic heterocycles. The number of hydrogen-bond acceptors (Lipinski definition) is 5. The third-order valence-corrected chi connectivity index (χ3v) is 1.70. The minimum absolute atomic E-state index is 0.176. The van der Waals surface area contributed by atoms with E-state index >= 15 is 0 Å². The number of carbonyl (C=O) groups excluding carboxylic acids is 4. The molecule has 0 aromatic heterocycles. The number of rotatable bonds is 0. The molecule has 0 radical (unpaired) electrons. The Labute approximate surface area is 89.8 Å². The summed E-state index contributed by atoms with van der Waals surface area (Å²) in [5.74, 6) is -1.46. The van der Waals surface area contributed by atoms with Crippen LogP contribution in [0.2, 0.25) is 0 Å². The van der Waals surface area contributed by atoms with E-state index in [0.717, 1.165) is 6.08 Å². The molecule has 0 bridgehead atoms. The average molecular weight is 226 g/mol. The van der Waals surface area contributed by atoms with Crippen LogP contribution >= 0.6 is 12.6 Å². The van der Waals surface area contributed by atoms with Crippen molar-refractivity contribution < 1.29 is 19.2 Å². The van der Waals surface area contributed by atoms with Gasteiger partial charge in [-0.3, -0.25) is 29.8 Å². The Balaban J connectivity index is 0.000000151. The summed E-state index contributed by atoms with van der Waals surface area (Å²) in [6, 6.07) is 0. The van der Waals surface area contributed by atoms with E-state index < -0.39 is 5.91 Å². The maximum atomic E-state index is 10.3. The molecule has 2 aliphatic rings. The zero-order valence-electron chi connectivity index (χ0n) is 7.31. The molecule has 0 unspecified atom stereocenters. The van der Waals surface area contributed by atoms with Crippen LogP contribution in [-0.4, -0.2) is 23.6 Å². The largest absolute Gasteiger partial charge is 0.289 e. The van der Waals surface area contributed by atoms with Gasteiger partial charge in [0.15, 0.2) is 0 Å². The fourth-order valence-electron chi connectivity index (χ4n) is 0.758. The molecular formula is C8H6N2O4S. The van der Waals surface area contributed by atoms with E-state index in [9.17, 15) is 19.2 Å². The topological polar surface area (TPSA) is 92.3 Å². The van der Waals surface area contributed by atoms with E-state index in [0.29, 0.717) is 0 Å². The van der Waals surface area contributed by atoms with Crippen molar-refractivity contribution in [2.24, 2.45) is 0 Å². The summed E-state index contributed by atoms with van der Waals surface area (Å²) < 4.78 is 0. The summed E-state index contributed by atoms with van der Waals surface area (Å²) in [5, 5.41) is 4.05. The Morgan fingerprint density at radius 2 is 1.40 bits per heavy atom. The van der Waals surface area contributed by atoms with Gasteiger partial charge in [0.25, 0.3) is 23.6 Å². The van der Waals surface area contributed by atoms with Gasteiger partial charge in [-0.15, -0.1) is 12.6 Å². The number of amides is 4. The molecule has 0 saturated heterocycles. The zero-order valence-corrected chi connectivity index (χ0v) is 8.21. The monoisotopic (exact) mass is 226 g/mol. The fourth-order valence-corrected chi connectivity index (χ4v) is 0.931. The number of nitrogens with one attached hydrogen (secondary N) is 2. The molecule has 0 aliphatic carbocycles. The fraction of sp³-hybridized carbons (Fsp3) is 0. The highest BCUT2D eigenvalue weighted by molar-refractivity contribution is 7.85. The Bertz CT molecular complexity index is 395. The lowest BCUT2D eigenvalue weighted by Gasteiger charge is -1.83. The minimum atomic E-state index is -0.418. The van der Waals surface area contributed by atoms with Crippen molar-refractivity contribution in [2.75, 3.05) is 0 Å². The van der Waals surface area contributed by atoms with Gasteiger partial charge in [-0.1, -0.05) is 0 Å². The second-order valence-corrected chi connectivity index (χ2v) is 3.02. The molecule has 7 heteroatoms. The predicted molar refractivity (Wildman–Crippen MR) is 52.5 cm³/mol. The third kappa shape index (κ3) is 3.39. The van der Waals surface area contributed by atoms with Gasteiger partial charge in [0.05, 0.1) is 4.91 Å². The molecule has 15 heavy (non-hydrogen) atoms. The second kappa shape index (κ2) is 4.56. The Morgan fingerprint density at radius 1 is 0.867 bits per heavy atom. The smallest absolute Gasteiger partial charge is 0.264 e. The molecule has 6 nitrogen and oxygen atoms in total.